The van der Waals surface area contributed by atoms with Crippen LogP contribution in [0.2, 0.25) is 0 Å². The molecule has 0 heterocycles. The summed E-state index contributed by atoms with van der Waals surface area (Å²) in [4.78, 5) is 23.6. The van der Waals surface area contributed by atoms with Crippen molar-refractivity contribution in [2.24, 2.45) is 0 Å². The third kappa shape index (κ3) is 5.91. The Morgan fingerprint density at radius 2 is 1.84 bits per heavy atom. The SMILES string of the molecule is COc1ccc(C)cc1NC(=O)COC(=O)CCc1ccc(F)cc1. The summed E-state index contributed by atoms with van der Waals surface area (Å²) in [5.74, 6) is -0.731. The summed E-state index contributed by atoms with van der Waals surface area (Å²) in [7, 11) is 1.51. The number of nitrogens with one attached hydrogen (secondary N) is 1. The number of benzene rings is 2. The summed E-state index contributed by atoms with van der Waals surface area (Å²) in [6.45, 7) is 1.52. The second-order valence-electron chi connectivity index (χ2n) is 5.54. The quantitative estimate of drug-likeness (QED) is 0.783. The Balaban J connectivity index is 1.78. The van der Waals surface area contributed by atoms with Gasteiger partial charge in [-0.15, -0.1) is 0 Å². The Morgan fingerprint density at radius 1 is 1.12 bits per heavy atom. The third-order valence-corrected chi connectivity index (χ3v) is 3.52. The maximum absolute atomic E-state index is 12.8. The number of hydrogen-bond donors (Lipinski definition) is 1. The minimum Gasteiger partial charge on any atom is -0.495 e. The van der Waals surface area contributed by atoms with E-state index in [2.05, 4.69) is 5.32 Å². The molecule has 0 fully saturated rings. The van der Waals surface area contributed by atoms with E-state index in [1.807, 2.05) is 13.0 Å². The van der Waals surface area contributed by atoms with Gasteiger partial charge in [0.25, 0.3) is 5.91 Å². The van der Waals surface area contributed by atoms with Crippen LogP contribution in [0, 0.1) is 12.7 Å². The molecule has 1 amide bonds. The first-order chi connectivity index (χ1) is 12.0. The molecule has 0 spiro atoms. The van der Waals surface area contributed by atoms with Crippen molar-refractivity contribution >= 4 is 17.6 Å². The molecule has 0 aliphatic carbocycles. The number of esters is 1. The van der Waals surface area contributed by atoms with Gasteiger partial charge in [0.05, 0.1) is 12.8 Å². The number of hydrogen-bond acceptors (Lipinski definition) is 4. The van der Waals surface area contributed by atoms with Crippen LogP contribution in [-0.2, 0) is 20.7 Å². The number of halogens is 1. The normalized spacial score (nSPS) is 10.2. The van der Waals surface area contributed by atoms with E-state index in [0.717, 1.165) is 11.1 Å². The highest BCUT2D eigenvalue weighted by molar-refractivity contribution is 5.94. The van der Waals surface area contributed by atoms with E-state index in [4.69, 9.17) is 9.47 Å². The molecule has 2 rings (SSSR count). The summed E-state index contributed by atoms with van der Waals surface area (Å²) in [6.07, 6.45) is 0.541. The van der Waals surface area contributed by atoms with Gasteiger partial charge < -0.3 is 14.8 Å². The zero-order valence-corrected chi connectivity index (χ0v) is 14.2. The number of carbonyl (C=O) groups is 2. The number of rotatable bonds is 7. The number of aryl methyl sites for hydroxylation is 2. The molecule has 5 nitrogen and oxygen atoms in total. The average Bonchev–Trinajstić information content (AvgIpc) is 2.59. The van der Waals surface area contributed by atoms with Gasteiger partial charge in [0, 0.05) is 6.42 Å². The standard InChI is InChI=1S/C19H20FNO4/c1-13-3-9-17(24-2)16(11-13)21-18(22)12-25-19(23)10-6-14-4-7-15(20)8-5-14/h3-5,7-9,11H,6,10,12H2,1-2H3,(H,21,22). The largest absolute Gasteiger partial charge is 0.495 e. The van der Waals surface area contributed by atoms with Crippen LogP contribution < -0.4 is 10.1 Å². The van der Waals surface area contributed by atoms with Crippen LogP contribution in [0.1, 0.15) is 17.5 Å². The second kappa shape index (κ2) is 8.82. The Kier molecular flexibility index (Phi) is 6.51. The van der Waals surface area contributed by atoms with E-state index >= 15 is 0 Å². The fourth-order valence-corrected chi connectivity index (χ4v) is 2.22. The molecule has 6 heteroatoms. The van der Waals surface area contributed by atoms with Crippen LogP contribution in [0.25, 0.3) is 0 Å². The molecule has 2 aromatic rings. The molecule has 0 saturated heterocycles. The Hall–Kier alpha value is -2.89. The van der Waals surface area contributed by atoms with Crippen molar-refractivity contribution in [3.8, 4) is 5.75 Å². The fourth-order valence-electron chi connectivity index (χ4n) is 2.22. The lowest BCUT2D eigenvalue weighted by atomic mass is 10.1. The lowest BCUT2D eigenvalue weighted by molar-refractivity contribution is -0.147. The van der Waals surface area contributed by atoms with E-state index in [-0.39, 0.29) is 18.8 Å². The molecule has 132 valence electrons. The van der Waals surface area contributed by atoms with Crippen molar-refractivity contribution in [1.82, 2.24) is 0 Å². The number of carbonyl (C=O) groups excluding carboxylic acids is 2. The molecule has 1 N–H and O–H groups in total. The van der Waals surface area contributed by atoms with Gasteiger partial charge >= 0.3 is 5.97 Å². The van der Waals surface area contributed by atoms with Crippen molar-refractivity contribution in [1.29, 1.82) is 0 Å². The Labute approximate surface area is 145 Å². The molecular weight excluding hydrogens is 325 g/mol. The number of ether oxygens (including phenoxy) is 2. The minimum absolute atomic E-state index is 0.118. The summed E-state index contributed by atoms with van der Waals surface area (Å²) < 4.78 is 22.9. The zero-order valence-electron chi connectivity index (χ0n) is 14.2. The Bertz CT molecular complexity index is 744. The number of methoxy groups -OCH3 is 1. The molecule has 0 saturated carbocycles. The fraction of sp³-hybridized carbons (Fsp3) is 0.263. The summed E-state index contributed by atoms with van der Waals surface area (Å²) >= 11 is 0. The average molecular weight is 345 g/mol. The zero-order chi connectivity index (χ0) is 18.2. The van der Waals surface area contributed by atoms with Crippen LogP contribution in [-0.4, -0.2) is 25.6 Å². The van der Waals surface area contributed by atoms with Crippen LogP contribution in [0.5, 0.6) is 5.75 Å². The number of anilines is 1. The van der Waals surface area contributed by atoms with Crippen LogP contribution in [0.3, 0.4) is 0 Å². The predicted octanol–water partition coefficient (Wildman–Crippen LogP) is 3.26. The highest BCUT2D eigenvalue weighted by Gasteiger charge is 2.11. The van der Waals surface area contributed by atoms with Crippen molar-refractivity contribution in [3.05, 3.63) is 59.4 Å². The van der Waals surface area contributed by atoms with Gasteiger partial charge in [-0.25, -0.2) is 4.39 Å². The van der Waals surface area contributed by atoms with Gasteiger partial charge in [-0.3, -0.25) is 9.59 Å². The summed E-state index contributed by atoms with van der Waals surface area (Å²) in [5.41, 5.74) is 2.31. The summed E-state index contributed by atoms with van der Waals surface area (Å²) in [6, 6.07) is 11.3. The first-order valence-corrected chi connectivity index (χ1v) is 7.82. The van der Waals surface area contributed by atoms with Crippen LogP contribution >= 0.6 is 0 Å². The minimum atomic E-state index is -0.490. The van der Waals surface area contributed by atoms with E-state index in [0.29, 0.717) is 17.9 Å². The van der Waals surface area contributed by atoms with Gasteiger partial charge in [0.1, 0.15) is 11.6 Å². The molecule has 0 aliphatic rings. The van der Waals surface area contributed by atoms with Crippen molar-refractivity contribution in [3.63, 3.8) is 0 Å². The monoisotopic (exact) mass is 345 g/mol. The maximum atomic E-state index is 12.8. The van der Waals surface area contributed by atoms with E-state index in [1.165, 1.54) is 19.2 Å². The van der Waals surface area contributed by atoms with E-state index < -0.39 is 11.9 Å². The first kappa shape index (κ1) is 18.4. The molecule has 0 unspecified atom stereocenters. The molecule has 2 aromatic carbocycles. The molecule has 0 atom stereocenters. The molecule has 25 heavy (non-hydrogen) atoms. The van der Waals surface area contributed by atoms with Crippen molar-refractivity contribution in [2.75, 3.05) is 19.0 Å². The van der Waals surface area contributed by atoms with E-state index in [1.54, 1.807) is 24.3 Å². The lowest BCUT2D eigenvalue weighted by Gasteiger charge is -2.11. The predicted molar refractivity (Wildman–Crippen MR) is 92.0 cm³/mol. The van der Waals surface area contributed by atoms with Gasteiger partial charge in [-0.2, -0.15) is 0 Å². The van der Waals surface area contributed by atoms with Crippen LogP contribution in [0.4, 0.5) is 10.1 Å². The molecular formula is C19H20FNO4. The molecule has 0 bridgehead atoms. The lowest BCUT2D eigenvalue weighted by Crippen LogP contribution is -2.21. The van der Waals surface area contributed by atoms with Gasteiger partial charge in [-0.1, -0.05) is 18.2 Å². The highest BCUT2D eigenvalue weighted by atomic mass is 19.1. The maximum Gasteiger partial charge on any atom is 0.306 e. The molecule has 0 aromatic heterocycles. The highest BCUT2D eigenvalue weighted by Crippen LogP contribution is 2.25. The smallest absolute Gasteiger partial charge is 0.306 e. The first-order valence-electron chi connectivity index (χ1n) is 7.82. The summed E-state index contributed by atoms with van der Waals surface area (Å²) in [5, 5.41) is 2.65. The van der Waals surface area contributed by atoms with Gasteiger partial charge in [0.15, 0.2) is 6.61 Å². The third-order valence-electron chi connectivity index (χ3n) is 3.52. The van der Waals surface area contributed by atoms with Gasteiger partial charge in [0.2, 0.25) is 0 Å². The molecule has 0 radical (unpaired) electrons. The van der Waals surface area contributed by atoms with Gasteiger partial charge in [-0.05, 0) is 48.7 Å². The van der Waals surface area contributed by atoms with E-state index in [9.17, 15) is 14.0 Å². The molecule has 0 aliphatic heterocycles. The topological polar surface area (TPSA) is 64.6 Å². The van der Waals surface area contributed by atoms with Crippen molar-refractivity contribution < 1.29 is 23.5 Å². The number of amides is 1. The Morgan fingerprint density at radius 3 is 2.52 bits per heavy atom. The van der Waals surface area contributed by atoms with Crippen LogP contribution in [0.15, 0.2) is 42.5 Å². The second-order valence-corrected chi connectivity index (χ2v) is 5.54. The van der Waals surface area contributed by atoms with Crippen molar-refractivity contribution in [2.45, 2.75) is 19.8 Å².